The van der Waals surface area contributed by atoms with E-state index in [-0.39, 0.29) is 30.0 Å². The lowest BCUT2D eigenvalue weighted by Crippen LogP contribution is -2.35. The van der Waals surface area contributed by atoms with Gasteiger partial charge in [-0.15, -0.1) is 0 Å². The molecule has 0 spiro atoms. The Morgan fingerprint density at radius 2 is 1.62 bits per heavy atom. The highest BCUT2D eigenvalue weighted by molar-refractivity contribution is 5.79. The Hall–Kier alpha value is -2.69. The van der Waals surface area contributed by atoms with Crippen LogP contribution in [0.4, 0.5) is 4.39 Å². The fraction of sp³-hybridized carbons (Fsp3) is 0.333. The second kappa shape index (κ2) is 8.13. The van der Waals surface area contributed by atoms with Gasteiger partial charge in [-0.05, 0) is 34.2 Å². The third-order valence-electron chi connectivity index (χ3n) is 4.16. The first-order chi connectivity index (χ1) is 12.1. The minimum atomic E-state index is -1.24. The first-order valence-corrected chi connectivity index (χ1v) is 8.49. The Labute approximate surface area is 153 Å². The van der Waals surface area contributed by atoms with Gasteiger partial charge in [-0.25, -0.2) is 4.39 Å². The summed E-state index contributed by atoms with van der Waals surface area (Å²) in [5, 5.41) is 13.8. The van der Waals surface area contributed by atoms with Crippen molar-refractivity contribution >= 4 is 11.9 Å². The molecule has 0 aromatic heterocycles. The van der Waals surface area contributed by atoms with E-state index in [0.717, 1.165) is 5.56 Å². The minimum Gasteiger partial charge on any atom is -0.550 e. The summed E-state index contributed by atoms with van der Waals surface area (Å²) in [6.45, 7) is 6.27. The number of carboxylic acids is 1. The molecule has 0 bridgehead atoms. The lowest BCUT2D eigenvalue weighted by atomic mass is 9.86. The van der Waals surface area contributed by atoms with Crippen LogP contribution in [-0.2, 0) is 21.4 Å². The molecule has 1 unspecified atom stereocenters. The van der Waals surface area contributed by atoms with Crippen LogP contribution in [0.15, 0.2) is 48.5 Å². The smallest absolute Gasteiger partial charge is 0.224 e. The van der Waals surface area contributed by atoms with E-state index < -0.39 is 12.0 Å². The third kappa shape index (κ3) is 5.69. The van der Waals surface area contributed by atoms with Gasteiger partial charge in [-0.1, -0.05) is 57.2 Å². The fourth-order valence-electron chi connectivity index (χ4n) is 2.67. The summed E-state index contributed by atoms with van der Waals surface area (Å²) in [7, 11) is 0. The zero-order chi connectivity index (χ0) is 19.3. The summed E-state index contributed by atoms with van der Waals surface area (Å²) < 4.78 is 12.9. The zero-order valence-electron chi connectivity index (χ0n) is 15.2. The van der Waals surface area contributed by atoms with Crippen LogP contribution in [0, 0.1) is 5.82 Å². The minimum absolute atomic E-state index is 0.0196. The number of hydrogen-bond donors (Lipinski definition) is 1. The second-order valence-electron chi connectivity index (χ2n) is 7.37. The molecule has 0 radical (unpaired) electrons. The average Bonchev–Trinajstić information content (AvgIpc) is 2.55. The Kier molecular flexibility index (Phi) is 6.14. The quantitative estimate of drug-likeness (QED) is 0.865. The fourth-order valence-corrected chi connectivity index (χ4v) is 2.67. The number of rotatable bonds is 6. The van der Waals surface area contributed by atoms with Gasteiger partial charge in [0.1, 0.15) is 5.82 Å². The van der Waals surface area contributed by atoms with Crippen molar-refractivity contribution in [2.75, 3.05) is 0 Å². The molecule has 2 aromatic rings. The normalized spacial score (nSPS) is 12.5. The van der Waals surface area contributed by atoms with Crippen molar-refractivity contribution in [2.45, 2.75) is 45.1 Å². The van der Waals surface area contributed by atoms with Crippen molar-refractivity contribution in [3.63, 3.8) is 0 Å². The van der Waals surface area contributed by atoms with Crippen molar-refractivity contribution in [2.24, 2.45) is 0 Å². The summed E-state index contributed by atoms with van der Waals surface area (Å²) in [6, 6.07) is 12.5. The van der Waals surface area contributed by atoms with Gasteiger partial charge in [0.25, 0.3) is 0 Å². The highest BCUT2D eigenvalue weighted by Crippen LogP contribution is 2.25. The highest BCUT2D eigenvalue weighted by Gasteiger charge is 2.18. The van der Waals surface area contributed by atoms with E-state index in [0.29, 0.717) is 11.1 Å². The standard InChI is InChI=1S/C21H24FNO3/c1-21(2,3)16-8-6-15(7-9-16)18(13-20(25)26)23-19(24)12-14-4-10-17(22)11-5-14/h4-11,18H,12-13H2,1-3H3,(H,23,24)(H,25,26)/p-1. The van der Waals surface area contributed by atoms with Gasteiger partial charge >= 0.3 is 0 Å². The monoisotopic (exact) mass is 356 g/mol. The maximum atomic E-state index is 12.9. The topological polar surface area (TPSA) is 69.2 Å². The molecule has 4 nitrogen and oxygen atoms in total. The van der Waals surface area contributed by atoms with Gasteiger partial charge in [0.2, 0.25) is 5.91 Å². The van der Waals surface area contributed by atoms with Crippen molar-refractivity contribution in [3.05, 3.63) is 71.0 Å². The maximum Gasteiger partial charge on any atom is 0.224 e. The number of amides is 1. The Morgan fingerprint density at radius 1 is 1.04 bits per heavy atom. The van der Waals surface area contributed by atoms with Crippen LogP contribution in [0.5, 0.6) is 0 Å². The van der Waals surface area contributed by atoms with Gasteiger partial charge in [-0.3, -0.25) is 4.79 Å². The number of hydrogen-bond acceptors (Lipinski definition) is 3. The lowest BCUT2D eigenvalue weighted by Gasteiger charge is -2.23. The average molecular weight is 356 g/mol. The summed E-state index contributed by atoms with van der Waals surface area (Å²) in [5.41, 5.74) is 2.45. The predicted molar refractivity (Wildman–Crippen MR) is 95.8 cm³/mol. The van der Waals surface area contributed by atoms with Crippen molar-refractivity contribution in [3.8, 4) is 0 Å². The molecule has 0 aliphatic heterocycles. The van der Waals surface area contributed by atoms with Crippen molar-refractivity contribution in [1.29, 1.82) is 0 Å². The van der Waals surface area contributed by atoms with E-state index in [2.05, 4.69) is 26.1 Å². The van der Waals surface area contributed by atoms with E-state index in [1.807, 2.05) is 24.3 Å². The van der Waals surface area contributed by atoms with Crippen LogP contribution >= 0.6 is 0 Å². The molecule has 1 amide bonds. The van der Waals surface area contributed by atoms with E-state index in [1.165, 1.54) is 24.3 Å². The molecule has 0 fully saturated rings. The molecule has 1 atom stereocenters. The number of carbonyl (C=O) groups is 2. The molecule has 0 aliphatic carbocycles. The highest BCUT2D eigenvalue weighted by atomic mass is 19.1. The van der Waals surface area contributed by atoms with E-state index in [1.54, 1.807) is 0 Å². The number of aliphatic carboxylic acids is 1. The molecule has 138 valence electrons. The van der Waals surface area contributed by atoms with Gasteiger partial charge in [0, 0.05) is 12.4 Å². The molecule has 2 aromatic carbocycles. The summed E-state index contributed by atoms with van der Waals surface area (Å²) in [6.07, 6.45) is -0.270. The van der Waals surface area contributed by atoms with Crippen LogP contribution < -0.4 is 10.4 Å². The van der Waals surface area contributed by atoms with Gasteiger partial charge in [0.15, 0.2) is 0 Å². The molecule has 0 saturated heterocycles. The van der Waals surface area contributed by atoms with E-state index in [9.17, 15) is 19.1 Å². The molecule has 5 heteroatoms. The summed E-state index contributed by atoms with van der Waals surface area (Å²) >= 11 is 0. The molecule has 26 heavy (non-hydrogen) atoms. The third-order valence-corrected chi connectivity index (χ3v) is 4.16. The number of nitrogens with one attached hydrogen (secondary N) is 1. The molecule has 0 heterocycles. The molecule has 0 aliphatic rings. The van der Waals surface area contributed by atoms with Crippen molar-refractivity contribution < 1.29 is 19.1 Å². The van der Waals surface area contributed by atoms with Crippen LogP contribution in [-0.4, -0.2) is 11.9 Å². The first-order valence-electron chi connectivity index (χ1n) is 8.49. The number of carbonyl (C=O) groups excluding carboxylic acids is 2. The van der Waals surface area contributed by atoms with Crippen LogP contribution in [0.25, 0.3) is 0 Å². The lowest BCUT2D eigenvalue weighted by molar-refractivity contribution is -0.306. The van der Waals surface area contributed by atoms with Crippen molar-refractivity contribution in [1.82, 2.24) is 5.32 Å². The molecular formula is C21H23FNO3-. The largest absolute Gasteiger partial charge is 0.550 e. The van der Waals surface area contributed by atoms with Crippen LogP contribution in [0.1, 0.15) is 49.9 Å². The van der Waals surface area contributed by atoms with Crippen LogP contribution in [0.2, 0.25) is 0 Å². The Balaban J connectivity index is 2.12. The molecule has 2 rings (SSSR count). The van der Waals surface area contributed by atoms with E-state index in [4.69, 9.17) is 0 Å². The Morgan fingerprint density at radius 3 is 2.12 bits per heavy atom. The molecular weight excluding hydrogens is 333 g/mol. The summed E-state index contributed by atoms with van der Waals surface area (Å²) in [5.74, 6) is -1.94. The van der Waals surface area contributed by atoms with Gasteiger partial charge in [0.05, 0.1) is 12.5 Å². The summed E-state index contributed by atoms with van der Waals surface area (Å²) in [4.78, 5) is 23.4. The van der Waals surface area contributed by atoms with E-state index >= 15 is 0 Å². The van der Waals surface area contributed by atoms with Gasteiger partial charge < -0.3 is 15.2 Å². The van der Waals surface area contributed by atoms with Gasteiger partial charge in [-0.2, -0.15) is 0 Å². The molecule has 1 N–H and O–H groups in total. The van der Waals surface area contributed by atoms with Crippen LogP contribution in [0.3, 0.4) is 0 Å². The zero-order valence-corrected chi connectivity index (χ0v) is 15.2. The Bertz CT molecular complexity index is 761. The number of carboxylic acid groups (broad SMARTS) is 1. The number of halogens is 1. The maximum absolute atomic E-state index is 12.9. The predicted octanol–water partition coefficient (Wildman–Crippen LogP) is 2.66. The molecule has 0 saturated carbocycles. The first kappa shape index (κ1) is 19.6. The number of benzene rings is 2. The SMILES string of the molecule is CC(C)(C)c1ccc(C(CC(=O)[O-])NC(=O)Cc2ccc(F)cc2)cc1. The second-order valence-corrected chi connectivity index (χ2v) is 7.37.